The number of hydrogen-bond acceptors (Lipinski definition) is 3. The Morgan fingerprint density at radius 2 is 2.25 bits per heavy atom. The average molecular weight is 294 g/mol. The summed E-state index contributed by atoms with van der Waals surface area (Å²) in [7, 11) is 0. The molecule has 0 spiro atoms. The van der Waals surface area contributed by atoms with Crippen LogP contribution in [0.2, 0.25) is 0 Å². The van der Waals surface area contributed by atoms with Gasteiger partial charge in [0.25, 0.3) is 0 Å². The summed E-state index contributed by atoms with van der Waals surface area (Å²) in [5.74, 6) is 2.31. The van der Waals surface area contributed by atoms with Crippen LogP contribution in [-0.2, 0) is 11.2 Å². The Morgan fingerprint density at radius 3 is 3.00 bits per heavy atom. The second-order valence-electron chi connectivity index (χ2n) is 5.39. The van der Waals surface area contributed by atoms with Gasteiger partial charge in [-0.1, -0.05) is 0 Å². The molecule has 0 radical (unpaired) electrons. The fourth-order valence-electron chi connectivity index (χ4n) is 3.12. The molecule has 1 fully saturated rings. The van der Waals surface area contributed by atoms with E-state index in [1.165, 1.54) is 5.52 Å². The summed E-state index contributed by atoms with van der Waals surface area (Å²) in [4.78, 5) is 8.87. The summed E-state index contributed by atoms with van der Waals surface area (Å²) >= 11 is 5.94. The lowest BCUT2D eigenvalue weighted by molar-refractivity contribution is 0.0515. The number of fused-ring (bicyclic) bond motifs is 1. The zero-order valence-corrected chi connectivity index (χ0v) is 12.5. The van der Waals surface area contributed by atoms with E-state index < -0.39 is 0 Å². The van der Waals surface area contributed by atoms with Gasteiger partial charge in [0.1, 0.15) is 11.3 Å². The first-order valence-corrected chi connectivity index (χ1v) is 7.79. The maximum atomic E-state index is 5.94. The predicted octanol–water partition coefficient (Wildman–Crippen LogP) is 3.20. The number of hydrogen-bond donors (Lipinski definition) is 0. The molecule has 1 aliphatic rings. The second kappa shape index (κ2) is 6.10. The minimum atomic E-state index is 0.421. The third kappa shape index (κ3) is 2.54. The van der Waals surface area contributed by atoms with Gasteiger partial charge >= 0.3 is 0 Å². The van der Waals surface area contributed by atoms with E-state index in [-0.39, 0.29) is 0 Å². The summed E-state index contributed by atoms with van der Waals surface area (Å²) in [5.41, 5.74) is 2.13. The van der Waals surface area contributed by atoms with Gasteiger partial charge in [0.15, 0.2) is 0 Å². The van der Waals surface area contributed by atoms with Gasteiger partial charge in [0.05, 0.1) is 11.7 Å². The molecule has 108 valence electrons. The number of nitrogens with zero attached hydrogens (tertiary/aromatic N) is 3. The molecule has 2 aromatic rings. The minimum absolute atomic E-state index is 0.421. The van der Waals surface area contributed by atoms with Crippen LogP contribution in [0.4, 0.5) is 0 Å². The van der Waals surface area contributed by atoms with Crippen molar-refractivity contribution in [2.24, 2.45) is 5.92 Å². The van der Waals surface area contributed by atoms with Crippen LogP contribution in [0.25, 0.3) is 11.0 Å². The Bertz CT molecular complexity index is 578. The van der Waals surface area contributed by atoms with Crippen LogP contribution in [0.15, 0.2) is 18.5 Å². The third-order valence-corrected chi connectivity index (χ3v) is 4.43. The van der Waals surface area contributed by atoms with Crippen LogP contribution in [0.5, 0.6) is 0 Å². The summed E-state index contributed by atoms with van der Waals surface area (Å²) in [6, 6.07) is 2.47. The molecule has 0 saturated carbocycles. The van der Waals surface area contributed by atoms with E-state index in [1.807, 2.05) is 12.4 Å². The van der Waals surface area contributed by atoms with Gasteiger partial charge < -0.3 is 9.30 Å². The monoisotopic (exact) mass is 293 g/mol. The van der Waals surface area contributed by atoms with Crippen molar-refractivity contribution in [1.82, 2.24) is 14.5 Å². The molecule has 0 bridgehead atoms. The number of pyridine rings is 1. The average Bonchev–Trinajstić information content (AvgIpc) is 2.86. The predicted molar refractivity (Wildman–Crippen MR) is 80.2 cm³/mol. The van der Waals surface area contributed by atoms with Crippen molar-refractivity contribution in [2.75, 3.05) is 19.1 Å². The molecule has 0 amide bonds. The number of aryl methyl sites for hydroxylation is 1. The van der Waals surface area contributed by atoms with E-state index in [0.29, 0.717) is 17.8 Å². The molecule has 1 saturated heterocycles. The first-order chi connectivity index (χ1) is 9.81. The lowest BCUT2D eigenvalue weighted by atomic mass is 9.92. The summed E-state index contributed by atoms with van der Waals surface area (Å²) in [5, 5.41) is 0. The van der Waals surface area contributed by atoms with Gasteiger partial charge in [-0.3, -0.25) is 4.98 Å². The van der Waals surface area contributed by atoms with Crippen molar-refractivity contribution < 1.29 is 4.74 Å². The molecule has 0 N–H and O–H groups in total. The highest BCUT2D eigenvalue weighted by molar-refractivity contribution is 6.17. The molecule has 3 rings (SSSR count). The van der Waals surface area contributed by atoms with Crippen LogP contribution in [0.1, 0.15) is 31.6 Å². The first kappa shape index (κ1) is 13.8. The van der Waals surface area contributed by atoms with Crippen molar-refractivity contribution in [1.29, 1.82) is 0 Å². The lowest BCUT2D eigenvalue weighted by Gasteiger charge is -2.30. The topological polar surface area (TPSA) is 39.9 Å². The number of imidazole rings is 1. The van der Waals surface area contributed by atoms with Crippen molar-refractivity contribution in [3.63, 3.8) is 0 Å². The summed E-state index contributed by atoms with van der Waals surface area (Å²) in [6.07, 6.45) is 6.70. The van der Waals surface area contributed by atoms with Crippen LogP contribution in [-0.4, -0.2) is 33.6 Å². The van der Waals surface area contributed by atoms with E-state index in [2.05, 4.69) is 22.5 Å². The molecule has 1 unspecified atom stereocenters. The molecule has 2 aromatic heterocycles. The zero-order chi connectivity index (χ0) is 13.9. The van der Waals surface area contributed by atoms with Gasteiger partial charge in [-0.2, -0.15) is 0 Å². The molecule has 4 nitrogen and oxygen atoms in total. The highest BCUT2D eigenvalue weighted by Gasteiger charge is 2.25. The molecule has 5 heteroatoms. The quantitative estimate of drug-likeness (QED) is 0.813. The Hall–Kier alpha value is -1.13. The van der Waals surface area contributed by atoms with Gasteiger partial charge in [-0.15, -0.1) is 11.6 Å². The molecule has 20 heavy (non-hydrogen) atoms. The van der Waals surface area contributed by atoms with E-state index in [9.17, 15) is 0 Å². The standard InChI is InChI=1S/C15H20ClN3O/c1-11(12-4-8-20-9-5-12)19-14-3-7-17-10-13(14)18-15(19)2-6-16/h3,7,10-12H,2,4-6,8-9H2,1H3. The largest absolute Gasteiger partial charge is 0.381 e. The smallest absolute Gasteiger partial charge is 0.111 e. The Balaban J connectivity index is 2.00. The van der Waals surface area contributed by atoms with Crippen LogP contribution in [0, 0.1) is 5.92 Å². The van der Waals surface area contributed by atoms with E-state index in [4.69, 9.17) is 21.3 Å². The summed E-state index contributed by atoms with van der Waals surface area (Å²) < 4.78 is 7.83. The minimum Gasteiger partial charge on any atom is -0.381 e. The van der Waals surface area contributed by atoms with Crippen molar-refractivity contribution in [3.05, 3.63) is 24.3 Å². The molecule has 0 aliphatic carbocycles. The maximum Gasteiger partial charge on any atom is 0.111 e. The SMILES string of the molecule is CC(C1CCOCC1)n1c(CCCl)nc2cnccc21. The molecular formula is C15H20ClN3O. The highest BCUT2D eigenvalue weighted by Crippen LogP contribution is 2.31. The fraction of sp³-hybridized carbons (Fsp3) is 0.600. The van der Waals surface area contributed by atoms with Gasteiger partial charge in [-0.05, 0) is 31.7 Å². The molecule has 1 aliphatic heterocycles. The molecule has 1 atom stereocenters. The Labute approximate surface area is 124 Å². The van der Waals surface area contributed by atoms with E-state index in [0.717, 1.165) is 43.8 Å². The number of rotatable bonds is 4. The number of aromatic nitrogens is 3. The van der Waals surface area contributed by atoms with Crippen LogP contribution in [0.3, 0.4) is 0 Å². The van der Waals surface area contributed by atoms with E-state index in [1.54, 1.807) is 0 Å². The number of alkyl halides is 1. The lowest BCUT2D eigenvalue weighted by Crippen LogP contribution is -2.25. The van der Waals surface area contributed by atoms with Crippen molar-refractivity contribution >= 4 is 22.6 Å². The zero-order valence-electron chi connectivity index (χ0n) is 11.8. The van der Waals surface area contributed by atoms with Gasteiger partial charge in [-0.25, -0.2) is 4.98 Å². The third-order valence-electron chi connectivity index (χ3n) is 4.24. The first-order valence-electron chi connectivity index (χ1n) is 7.26. The van der Waals surface area contributed by atoms with E-state index >= 15 is 0 Å². The Kier molecular flexibility index (Phi) is 4.22. The van der Waals surface area contributed by atoms with Crippen molar-refractivity contribution in [2.45, 2.75) is 32.2 Å². The molecule has 3 heterocycles. The summed E-state index contributed by atoms with van der Waals surface area (Å²) in [6.45, 7) is 4.03. The normalized spacial score (nSPS) is 18.5. The highest BCUT2D eigenvalue weighted by atomic mass is 35.5. The number of ether oxygens (including phenoxy) is 1. The van der Waals surface area contributed by atoms with Gasteiger partial charge in [0, 0.05) is 37.8 Å². The Morgan fingerprint density at radius 1 is 1.45 bits per heavy atom. The van der Waals surface area contributed by atoms with Crippen molar-refractivity contribution in [3.8, 4) is 0 Å². The van der Waals surface area contributed by atoms with Crippen LogP contribution >= 0.6 is 11.6 Å². The fourth-order valence-corrected chi connectivity index (χ4v) is 3.29. The molecule has 0 aromatic carbocycles. The second-order valence-corrected chi connectivity index (χ2v) is 5.77. The molecular weight excluding hydrogens is 274 g/mol. The maximum absolute atomic E-state index is 5.94. The number of halogens is 1. The van der Waals surface area contributed by atoms with Gasteiger partial charge in [0.2, 0.25) is 0 Å². The van der Waals surface area contributed by atoms with Crippen LogP contribution < -0.4 is 0 Å².